The minimum atomic E-state index is -3.39. The minimum Gasteiger partial charge on any atom is -0.270 e. The maximum atomic E-state index is 10.9. The van der Waals surface area contributed by atoms with Gasteiger partial charge in [0.05, 0.1) is 12.9 Å². The van der Waals surface area contributed by atoms with Crippen LogP contribution in [0.2, 0.25) is 0 Å². The van der Waals surface area contributed by atoms with Crippen LogP contribution in [0.25, 0.3) is 16.7 Å². The molecule has 0 spiro atoms. The summed E-state index contributed by atoms with van der Waals surface area (Å²) in [7, 11) is -3.39. The van der Waals surface area contributed by atoms with Crippen LogP contribution < -0.4 is 0 Å². The smallest absolute Gasteiger partial charge is 0.264 e. The quantitative estimate of drug-likeness (QED) is 0.764. The third-order valence-corrected chi connectivity index (χ3v) is 3.70. The molecule has 0 N–H and O–H groups in total. The summed E-state index contributed by atoms with van der Waals surface area (Å²) in [5, 5.41) is 0. The molecule has 0 aliphatic carbocycles. The van der Waals surface area contributed by atoms with E-state index >= 15 is 0 Å². The second-order valence-electron chi connectivity index (χ2n) is 4.82. The normalized spacial score (nSPS) is 11.3. The van der Waals surface area contributed by atoms with Gasteiger partial charge in [0.15, 0.2) is 0 Å². The second kappa shape index (κ2) is 6.70. The molecule has 4 heteroatoms. The molecule has 0 bridgehead atoms. The summed E-state index contributed by atoms with van der Waals surface area (Å²) in [4.78, 5) is 0. The Kier molecular flexibility index (Phi) is 4.94. The molecule has 0 aliphatic heterocycles. The lowest BCUT2D eigenvalue weighted by atomic mass is 10.00. The van der Waals surface area contributed by atoms with E-state index in [0.29, 0.717) is 6.42 Å². The van der Waals surface area contributed by atoms with Gasteiger partial charge < -0.3 is 0 Å². The van der Waals surface area contributed by atoms with E-state index in [1.807, 2.05) is 42.5 Å². The predicted molar refractivity (Wildman–Crippen MR) is 86.3 cm³/mol. The van der Waals surface area contributed by atoms with E-state index in [1.54, 1.807) is 0 Å². The topological polar surface area (TPSA) is 43.4 Å². The van der Waals surface area contributed by atoms with Gasteiger partial charge in [-0.2, -0.15) is 8.42 Å². The molecule has 2 aromatic carbocycles. The van der Waals surface area contributed by atoms with Crippen LogP contribution in [-0.2, 0) is 14.3 Å². The molecule has 0 heterocycles. The summed E-state index contributed by atoms with van der Waals surface area (Å²) in [5.74, 6) is 0. The molecule has 0 aromatic heterocycles. The van der Waals surface area contributed by atoms with Crippen LogP contribution in [-0.4, -0.2) is 21.3 Å². The van der Waals surface area contributed by atoms with Crippen molar-refractivity contribution in [3.8, 4) is 11.1 Å². The molecule has 0 fully saturated rings. The molecule has 110 valence electrons. The van der Waals surface area contributed by atoms with Crippen LogP contribution in [0.15, 0.2) is 61.2 Å². The third kappa shape index (κ3) is 4.85. The number of hydrogen-bond donors (Lipinski definition) is 0. The average Bonchev–Trinajstić information content (AvgIpc) is 2.47. The highest BCUT2D eigenvalue weighted by molar-refractivity contribution is 7.85. The molecule has 0 amide bonds. The maximum Gasteiger partial charge on any atom is 0.264 e. The number of benzene rings is 2. The lowest BCUT2D eigenvalue weighted by Crippen LogP contribution is -2.04. The van der Waals surface area contributed by atoms with Crippen LogP contribution >= 0.6 is 0 Å². The van der Waals surface area contributed by atoms with Crippen molar-refractivity contribution in [2.75, 3.05) is 12.9 Å². The lowest BCUT2D eigenvalue weighted by Gasteiger charge is -2.07. The Morgan fingerprint density at radius 1 is 1.00 bits per heavy atom. The standard InChI is InChI=1S/C17H18O3S/c1-14(12-13-20-21(2,18)19)15-8-10-17(11-9-15)16-6-4-3-5-7-16/h3-11H,1,12-13H2,2H3. The fourth-order valence-electron chi connectivity index (χ4n) is 1.99. The van der Waals surface area contributed by atoms with E-state index < -0.39 is 10.1 Å². The highest BCUT2D eigenvalue weighted by atomic mass is 32.2. The van der Waals surface area contributed by atoms with Crippen LogP contribution in [0, 0.1) is 0 Å². The van der Waals surface area contributed by atoms with Gasteiger partial charge >= 0.3 is 0 Å². The predicted octanol–water partition coefficient (Wildman–Crippen LogP) is 3.73. The van der Waals surface area contributed by atoms with Gasteiger partial charge in [-0.25, -0.2) is 0 Å². The highest BCUT2D eigenvalue weighted by Crippen LogP contribution is 2.23. The Hall–Kier alpha value is -1.91. The molecule has 21 heavy (non-hydrogen) atoms. The van der Waals surface area contributed by atoms with Crippen molar-refractivity contribution in [3.05, 3.63) is 66.7 Å². The van der Waals surface area contributed by atoms with Crippen molar-refractivity contribution in [3.63, 3.8) is 0 Å². The van der Waals surface area contributed by atoms with Crippen molar-refractivity contribution in [1.82, 2.24) is 0 Å². The minimum absolute atomic E-state index is 0.123. The van der Waals surface area contributed by atoms with Gasteiger partial charge in [0, 0.05) is 0 Å². The first-order chi connectivity index (χ1) is 9.96. The summed E-state index contributed by atoms with van der Waals surface area (Å²) in [6.45, 7) is 4.10. The summed E-state index contributed by atoms with van der Waals surface area (Å²) < 4.78 is 26.5. The second-order valence-corrected chi connectivity index (χ2v) is 6.47. The zero-order valence-corrected chi connectivity index (χ0v) is 12.8. The molecular formula is C17H18O3S. The van der Waals surface area contributed by atoms with Crippen molar-refractivity contribution in [2.45, 2.75) is 6.42 Å². The maximum absolute atomic E-state index is 10.9. The van der Waals surface area contributed by atoms with Crippen LogP contribution in [0.4, 0.5) is 0 Å². The SMILES string of the molecule is C=C(CCOS(C)(=O)=O)c1ccc(-c2ccccc2)cc1. The van der Waals surface area contributed by atoms with Gasteiger partial charge in [-0.3, -0.25) is 4.18 Å². The third-order valence-electron chi connectivity index (χ3n) is 3.10. The lowest BCUT2D eigenvalue weighted by molar-refractivity contribution is 0.330. The molecule has 0 radical (unpaired) electrons. The first-order valence-electron chi connectivity index (χ1n) is 6.64. The first-order valence-corrected chi connectivity index (χ1v) is 8.45. The summed E-state index contributed by atoms with van der Waals surface area (Å²) in [5.41, 5.74) is 4.15. The Labute approximate surface area is 126 Å². The van der Waals surface area contributed by atoms with Crippen LogP contribution in [0.3, 0.4) is 0 Å². The van der Waals surface area contributed by atoms with Gasteiger partial charge in [0.2, 0.25) is 0 Å². The van der Waals surface area contributed by atoms with E-state index in [-0.39, 0.29) is 6.61 Å². The van der Waals surface area contributed by atoms with Gasteiger partial charge in [-0.05, 0) is 28.7 Å². The Balaban J connectivity index is 2.00. The summed E-state index contributed by atoms with van der Waals surface area (Å²) >= 11 is 0. The van der Waals surface area contributed by atoms with Crippen LogP contribution in [0.5, 0.6) is 0 Å². The fraction of sp³-hybridized carbons (Fsp3) is 0.176. The number of rotatable bonds is 6. The highest BCUT2D eigenvalue weighted by Gasteiger charge is 2.04. The van der Waals surface area contributed by atoms with E-state index in [1.165, 1.54) is 0 Å². The van der Waals surface area contributed by atoms with E-state index in [0.717, 1.165) is 28.5 Å². The summed E-state index contributed by atoms with van der Waals surface area (Å²) in [6, 6.07) is 18.2. The zero-order chi connectivity index (χ0) is 15.3. The monoisotopic (exact) mass is 302 g/mol. The Morgan fingerprint density at radius 2 is 1.57 bits per heavy atom. The van der Waals surface area contributed by atoms with Gasteiger partial charge in [0.25, 0.3) is 10.1 Å². The van der Waals surface area contributed by atoms with Crippen LogP contribution in [0.1, 0.15) is 12.0 Å². The summed E-state index contributed by atoms with van der Waals surface area (Å²) in [6.07, 6.45) is 1.53. The van der Waals surface area contributed by atoms with Crippen molar-refractivity contribution in [2.24, 2.45) is 0 Å². The van der Waals surface area contributed by atoms with Crippen molar-refractivity contribution >= 4 is 15.7 Å². The van der Waals surface area contributed by atoms with Gasteiger partial charge in [-0.1, -0.05) is 61.2 Å². The molecular weight excluding hydrogens is 284 g/mol. The molecule has 0 saturated heterocycles. The molecule has 0 saturated carbocycles. The van der Waals surface area contributed by atoms with Crippen molar-refractivity contribution < 1.29 is 12.6 Å². The molecule has 0 aliphatic rings. The molecule has 0 atom stereocenters. The van der Waals surface area contributed by atoms with Crippen molar-refractivity contribution in [1.29, 1.82) is 0 Å². The Bertz CT molecular complexity index is 701. The largest absolute Gasteiger partial charge is 0.270 e. The molecule has 2 aromatic rings. The zero-order valence-electron chi connectivity index (χ0n) is 12.0. The van der Waals surface area contributed by atoms with Gasteiger partial charge in [-0.15, -0.1) is 0 Å². The molecule has 3 nitrogen and oxygen atoms in total. The fourth-order valence-corrected chi connectivity index (χ4v) is 2.38. The van der Waals surface area contributed by atoms with Gasteiger partial charge in [0.1, 0.15) is 0 Å². The molecule has 0 unspecified atom stereocenters. The average molecular weight is 302 g/mol. The van der Waals surface area contributed by atoms with E-state index in [4.69, 9.17) is 4.18 Å². The molecule has 2 rings (SSSR count). The van der Waals surface area contributed by atoms with E-state index in [9.17, 15) is 8.42 Å². The number of hydrogen-bond acceptors (Lipinski definition) is 3. The van der Waals surface area contributed by atoms with E-state index in [2.05, 4.69) is 18.7 Å². The Morgan fingerprint density at radius 3 is 2.14 bits per heavy atom. The first kappa shape index (κ1) is 15.5.